The molecule has 1 aliphatic carbocycles. The lowest BCUT2D eigenvalue weighted by Crippen LogP contribution is -2.57. The Bertz CT molecular complexity index is 1020. The van der Waals surface area contributed by atoms with E-state index in [0.29, 0.717) is 38.3 Å². The largest absolute Gasteiger partial charge is 0.462 e. The number of hydrogen-bond donors (Lipinski definition) is 0. The van der Waals surface area contributed by atoms with Crippen LogP contribution >= 0.6 is 0 Å². The van der Waals surface area contributed by atoms with Crippen LogP contribution in [-0.4, -0.2) is 103 Å². The van der Waals surface area contributed by atoms with Crippen molar-refractivity contribution in [1.29, 1.82) is 0 Å². The van der Waals surface area contributed by atoms with Crippen molar-refractivity contribution in [3.63, 3.8) is 0 Å². The van der Waals surface area contributed by atoms with Crippen LogP contribution in [0.3, 0.4) is 0 Å². The maximum absolute atomic E-state index is 13.8. The maximum Gasteiger partial charge on any atom is 0.345 e. The molecule has 0 radical (unpaired) electrons. The van der Waals surface area contributed by atoms with E-state index in [-0.39, 0.29) is 41.8 Å². The maximum atomic E-state index is 13.8. The molecule has 9 heteroatoms. The number of ether oxygens (including phenoxy) is 1. The first-order valence-corrected chi connectivity index (χ1v) is 13.5. The number of amides is 2. The second-order valence-electron chi connectivity index (χ2n) is 10.4. The van der Waals surface area contributed by atoms with Crippen LogP contribution in [-0.2, 0) is 14.3 Å². The molecule has 0 aromatic heterocycles. The fraction of sp³-hybridized carbons (Fsp3) is 0.607. The summed E-state index contributed by atoms with van der Waals surface area (Å²) >= 11 is 0. The molecule has 4 rings (SSSR count). The lowest BCUT2D eigenvalue weighted by atomic mass is 9.76. The van der Waals surface area contributed by atoms with Crippen LogP contribution in [0.4, 0.5) is 4.39 Å². The summed E-state index contributed by atoms with van der Waals surface area (Å²) in [4.78, 5) is 47.9. The van der Waals surface area contributed by atoms with Gasteiger partial charge in [-0.2, -0.15) is 0 Å². The first-order chi connectivity index (χ1) is 17.8. The Morgan fingerprint density at radius 1 is 1.05 bits per heavy atom. The fourth-order valence-electron chi connectivity index (χ4n) is 5.93. The van der Waals surface area contributed by atoms with Crippen molar-refractivity contribution in [1.82, 2.24) is 19.6 Å². The van der Waals surface area contributed by atoms with E-state index in [9.17, 15) is 18.8 Å². The molecule has 2 atom stereocenters. The summed E-state index contributed by atoms with van der Waals surface area (Å²) in [6.07, 6.45) is 4.83. The minimum atomic E-state index is -0.547. The van der Waals surface area contributed by atoms with E-state index in [1.807, 2.05) is 19.0 Å². The molecule has 2 fully saturated rings. The van der Waals surface area contributed by atoms with Gasteiger partial charge in [-0.3, -0.25) is 9.59 Å². The van der Waals surface area contributed by atoms with Crippen molar-refractivity contribution in [2.45, 2.75) is 45.1 Å². The highest BCUT2D eigenvalue weighted by Gasteiger charge is 2.47. The predicted molar refractivity (Wildman–Crippen MR) is 138 cm³/mol. The van der Waals surface area contributed by atoms with E-state index >= 15 is 0 Å². The number of carbonyl (C=O) groups excluding carboxylic acids is 3. The molecule has 1 aromatic carbocycles. The summed E-state index contributed by atoms with van der Waals surface area (Å²) < 4.78 is 18.7. The molecule has 202 valence electrons. The normalized spacial score (nSPS) is 22.4. The number of benzene rings is 1. The van der Waals surface area contributed by atoms with Crippen molar-refractivity contribution >= 4 is 17.8 Å². The Morgan fingerprint density at radius 2 is 1.73 bits per heavy atom. The second kappa shape index (κ2) is 12.1. The first-order valence-electron chi connectivity index (χ1n) is 13.5. The van der Waals surface area contributed by atoms with E-state index < -0.39 is 5.97 Å². The topological polar surface area (TPSA) is 73.4 Å². The highest BCUT2D eigenvalue weighted by molar-refractivity contribution is 6.17. The highest BCUT2D eigenvalue weighted by Crippen LogP contribution is 2.41. The zero-order chi connectivity index (χ0) is 26.5. The van der Waals surface area contributed by atoms with Crippen LogP contribution in [0.5, 0.6) is 0 Å². The summed E-state index contributed by atoms with van der Waals surface area (Å²) in [5, 5.41) is 0. The third-order valence-electron chi connectivity index (χ3n) is 7.69. The van der Waals surface area contributed by atoms with Gasteiger partial charge in [0.05, 0.1) is 6.61 Å². The Labute approximate surface area is 219 Å². The van der Waals surface area contributed by atoms with Gasteiger partial charge in [-0.05, 0) is 71.1 Å². The number of halogens is 1. The van der Waals surface area contributed by atoms with E-state index in [0.717, 1.165) is 44.3 Å². The number of piperazine rings is 1. The smallest absolute Gasteiger partial charge is 0.345 e. The number of carbonyl (C=O) groups is 3. The summed E-state index contributed by atoms with van der Waals surface area (Å²) in [5.74, 6) is -1.19. The molecule has 0 bridgehead atoms. The van der Waals surface area contributed by atoms with Gasteiger partial charge in [-0.1, -0.05) is 12.8 Å². The van der Waals surface area contributed by atoms with Crippen LogP contribution in [0.15, 0.2) is 35.5 Å². The third-order valence-corrected chi connectivity index (χ3v) is 7.69. The highest BCUT2D eigenvalue weighted by atomic mass is 19.1. The predicted octanol–water partition coefficient (Wildman–Crippen LogP) is 2.75. The zero-order valence-electron chi connectivity index (χ0n) is 22.2. The Hall–Kier alpha value is -2.94. The van der Waals surface area contributed by atoms with Gasteiger partial charge in [0, 0.05) is 55.9 Å². The van der Waals surface area contributed by atoms with Gasteiger partial charge in [0.2, 0.25) is 0 Å². The Balaban J connectivity index is 1.58. The van der Waals surface area contributed by atoms with Gasteiger partial charge in [0.25, 0.3) is 11.8 Å². The minimum absolute atomic E-state index is 0.0791. The van der Waals surface area contributed by atoms with Crippen LogP contribution < -0.4 is 0 Å². The first kappa shape index (κ1) is 27.1. The molecule has 0 N–H and O–H groups in total. The molecule has 8 nitrogen and oxygen atoms in total. The molecule has 1 aromatic rings. The van der Waals surface area contributed by atoms with E-state index in [4.69, 9.17) is 4.74 Å². The lowest BCUT2D eigenvalue weighted by molar-refractivity contribution is -0.145. The molecule has 1 saturated carbocycles. The van der Waals surface area contributed by atoms with Crippen molar-refractivity contribution in [2.24, 2.45) is 5.92 Å². The second-order valence-corrected chi connectivity index (χ2v) is 10.4. The van der Waals surface area contributed by atoms with Gasteiger partial charge in [-0.15, -0.1) is 0 Å². The van der Waals surface area contributed by atoms with Gasteiger partial charge in [0.1, 0.15) is 11.4 Å². The van der Waals surface area contributed by atoms with Crippen molar-refractivity contribution in [3.8, 4) is 0 Å². The van der Waals surface area contributed by atoms with Crippen molar-refractivity contribution < 1.29 is 23.5 Å². The lowest BCUT2D eigenvalue weighted by Gasteiger charge is -2.49. The molecule has 2 heterocycles. The Kier molecular flexibility index (Phi) is 8.84. The van der Waals surface area contributed by atoms with Gasteiger partial charge in [-0.25, -0.2) is 9.18 Å². The van der Waals surface area contributed by atoms with E-state index in [1.165, 1.54) is 24.3 Å². The number of nitrogens with zero attached hydrogens (tertiary/aromatic N) is 4. The van der Waals surface area contributed by atoms with Crippen LogP contribution in [0, 0.1) is 11.7 Å². The summed E-state index contributed by atoms with van der Waals surface area (Å²) in [5.41, 5.74) is 1.44. The summed E-state index contributed by atoms with van der Waals surface area (Å²) in [7, 11) is 4.04. The van der Waals surface area contributed by atoms with E-state index in [1.54, 1.807) is 11.8 Å². The standard InChI is InChI=1S/C28H39FN4O4/c1-4-37-28(36)24-25(22-8-5-6-9-23(22)33(27(24)35)15-7-14-30(2)3)31-16-18-32(19-17-31)26(34)20-10-12-21(29)13-11-20/h10-13,22-23H,4-9,14-19H2,1-3H3. The van der Waals surface area contributed by atoms with Crippen LogP contribution in [0.25, 0.3) is 0 Å². The number of hydrogen-bond acceptors (Lipinski definition) is 6. The molecule has 0 spiro atoms. The molecule has 1 saturated heterocycles. The van der Waals surface area contributed by atoms with Crippen molar-refractivity contribution in [2.75, 3.05) is 60.0 Å². The Morgan fingerprint density at radius 3 is 2.38 bits per heavy atom. The fourth-order valence-corrected chi connectivity index (χ4v) is 5.93. The summed E-state index contributed by atoms with van der Waals surface area (Å²) in [6, 6.07) is 5.67. The average molecular weight is 515 g/mol. The van der Waals surface area contributed by atoms with E-state index in [2.05, 4.69) is 9.80 Å². The number of fused-ring (bicyclic) bond motifs is 1. The van der Waals surface area contributed by atoms with Crippen molar-refractivity contribution in [3.05, 3.63) is 46.9 Å². The van der Waals surface area contributed by atoms with Gasteiger partial charge in [0.15, 0.2) is 0 Å². The molecule has 37 heavy (non-hydrogen) atoms. The quantitative estimate of drug-likeness (QED) is 0.393. The monoisotopic (exact) mass is 514 g/mol. The number of rotatable bonds is 8. The molecule has 2 amide bonds. The van der Waals surface area contributed by atoms with Gasteiger partial charge >= 0.3 is 5.97 Å². The SMILES string of the molecule is CCOC(=O)C1=C(N2CCN(C(=O)c3ccc(F)cc3)CC2)C2CCCCC2N(CCCN(C)C)C1=O. The summed E-state index contributed by atoms with van der Waals surface area (Å²) in [6.45, 7) is 5.44. The van der Waals surface area contributed by atoms with Crippen LogP contribution in [0.1, 0.15) is 49.4 Å². The molecule has 2 unspecified atom stereocenters. The molecule has 2 aliphatic heterocycles. The third kappa shape index (κ3) is 5.98. The van der Waals surface area contributed by atoms with Gasteiger partial charge < -0.3 is 24.3 Å². The number of esters is 1. The molecular formula is C28H39FN4O4. The zero-order valence-corrected chi connectivity index (χ0v) is 22.2. The molecular weight excluding hydrogens is 475 g/mol. The minimum Gasteiger partial charge on any atom is -0.462 e. The average Bonchev–Trinajstić information content (AvgIpc) is 2.89. The molecule has 3 aliphatic rings. The van der Waals surface area contributed by atoms with Crippen LogP contribution in [0.2, 0.25) is 0 Å².